The standard InChI is InChI=1S/C20H27N7O2/c21-19(28)16-5-4-14(12-18(16)26-10-2-1-3-11-26)23-20(29)17-13-27(25-24-17)15-6-8-22-9-7-15/h4-5,12-13,15,22H,1-3,6-11H2,(H2,21,28)(H,23,29). The van der Waals surface area contributed by atoms with Gasteiger partial charge in [-0.15, -0.1) is 5.10 Å². The van der Waals surface area contributed by atoms with Crippen LogP contribution in [0.1, 0.15) is 59.0 Å². The zero-order chi connectivity index (χ0) is 20.2. The van der Waals surface area contributed by atoms with E-state index in [1.54, 1.807) is 23.0 Å². The Kier molecular flexibility index (Phi) is 5.75. The van der Waals surface area contributed by atoms with Crippen LogP contribution >= 0.6 is 0 Å². The van der Waals surface area contributed by atoms with Crippen molar-refractivity contribution >= 4 is 23.2 Å². The van der Waals surface area contributed by atoms with Gasteiger partial charge in [-0.25, -0.2) is 4.68 Å². The van der Waals surface area contributed by atoms with E-state index in [4.69, 9.17) is 5.73 Å². The molecule has 2 fully saturated rings. The molecule has 9 nitrogen and oxygen atoms in total. The maximum absolute atomic E-state index is 12.7. The SMILES string of the molecule is NC(=O)c1ccc(NC(=O)c2cn(C3CCNCC3)nn2)cc1N1CCCCC1. The van der Waals surface area contributed by atoms with E-state index in [1.807, 2.05) is 6.07 Å². The molecule has 2 amide bonds. The fourth-order valence-electron chi connectivity index (χ4n) is 4.04. The zero-order valence-electron chi connectivity index (χ0n) is 16.4. The number of hydrogen-bond donors (Lipinski definition) is 3. The van der Waals surface area contributed by atoms with Gasteiger partial charge in [-0.3, -0.25) is 9.59 Å². The van der Waals surface area contributed by atoms with Crippen molar-refractivity contribution in [1.82, 2.24) is 20.3 Å². The summed E-state index contributed by atoms with van der Waals surface area (Å²) in [5.74, 6) is -0.782. The van der Waals surface area contributed by atoms with Crippen molar-refractivity contribution in [2.45, 2.75) is 38.1 Å². The van der Waals surface area contributed by atoms with Crippen molar-refractivity contribution in [3.63, 3.8) is 0 Å². The normalized spacial score (nSPS) is 17.9. The molecule has 29 heavy (non-hydrogen) atoms. The molecule has 1 aromatic carbocycles. The Morgan fingerprint density at radius 1 is 1.14 bits per heavy atom. The summed E-state index contributed by atoms with van der Waals surface area (Å²) in [6.45, 7) is 3.64. The minimum absolute atomic E-state index is 0.269. The number of aromatic nitrogens is 3. The second-order valence-electron chi connectivity index (χ2n) is 7.66. The van der Waals surface area contributed by atoms with Crippen LogP contribution in [0.4, 0.5) is 11.4 Å². The van der Waals surface area contributed by atoms with Gasteiger partial charge < -0.3 is 21.3 Å². The minimum atomic E-state index is -0.464. The fraction of sp³-hybridized carbons (Fsp3) is 0.500. The van der Waals surface area contributed by atoms with Crippen LogP contribution in [0.3, 0.4) is 0 Å². The van der Waals surface area contributed by atoms with Gasteiger partial charge >= 0.3 is 0 Å². The highest BCUT2D eigenvalue weighted by Crippen LogP contribution is 2.28. The van der Waals surface area contributed by atoms with Crippen LogP contribution in [0.25, 0.3) is 0 Å². The van der Waals surface area contributed by atoms with Crippen molar-refractivity contribution in [3.8, 4) is 0 Å². The smallest absolute Gasteiger partial charge is 0.277 e. The number of hydrogen-bond acceptors (Lipinski definition) is 6. The topological polar surface area (TPSA) is 118 Å². The number of carbonyl (C=O) groups is 2. The van der Waals surface area contributed by atoms with E-state index in [2.05, 4.69) is 25.8 Å². The van der Waals surface area contributed by atoms with Crippen LogP contribution in [0, 0.1) is 0 Å². The van der Waals surface area contributed by atoms with Gasteiger partial charge in [-0.2, -0.15) is 0 Å². The molecular formula is C20H27N7O2. The van der Waals surface area contributed by atoms with Gasteiger partial charge in [0.05, 0.1) is 23.5 Å². The van der Waals surface area contributed by atoms with E-state index < -0.39 is 5.91 Å². The number of rotatable bonds is 5. The van der Waals surface area contributed by atoms with E-state index >= 15 is 0 Å². The Bertz CT molecular complexity index is 883. The number of benzene rings is 1. The number of amides is 2. The number of nitrogens with two attached hydrogens (primary N) is 1. The third-order valence-corrected chi connectivity index (χ3v) is 5.64. The Balaban J connectivity index is 1.50. The summed E-state index contributed by atoms with van der Waals surface area (Å²) in [5, 5.41) is 14.4. The Morgan fingerprint density at radius 3 is 2.62 bits per heavy atom. The van der Waals surface area contributed by atoms with Crippen molar-refractivity contribution in [2.24, 2.45) is 5.73 Å². The molecule has 0 radical (unpaired) electrons. The highest BCUT2D eigenvalue weighted by atomic mass is 16.2. The van der Waals surface area contributed by atoms with E-state index in [0.29, 0.717) is 11.3 Å². The summed E-state index contributed by atoms with van der Waals surface area (Å²) < 4.78 is 1.78. The van der Waals surface area contributed by atoms with Gasteiger partial charge in [0, 0.05) is 18.8 Å². The molecule has 9 heteroatoms. The molecular weight excluding hydrogens is 370 g/mol. The maximum atomic E-state index is 12.7. The van der Waals surface area contributed by atoms with Crippen LogP contribution in [0.5, 0.6) is 0 Å². The number of piperidine rings is 2. The summed E-state index contributed by atoms with van der Waals surface area (Å²) >= 11 is 0. The van der Waals surface area contributed by atoms with E-state index in [0.717, 1.165) is 57.5 Å². The molecule has 0 atom stereocenters. The second-order valence-corrected chi connectivity index (χ2v) is 7.66. The molecule has 3 heterocycles. The first-order valence-electron chi connectivity index (χ1n) is 10.2. The summed E-state index contributed by atoms with van der Waals surface area (Å²) in [6.07, 6.45) is 6.99. The average molecular weight is 397 g/mol. The number of anilines is 2. The van der Waals surface area contributed by atoms with Crippen LogP contribution in [-0.4, -0.2) is 53.0 Å². The van der Waals surface area contributed by atoms with Gasteiger partial charge in [-0.1, -0.05) is 5.21 Å². The zero-order valence-corrected chi connectivity index (χ0v) is 16.4. The predicted molar refractivity (Wildman–Crippen MR) is 110 cm³/mol. The fourth-order valence-corrected chi connectivity index (χ4v) is 4.04. The van der Waals surface area contributed by atoms with E-state index in [1.165, 1.54) is 6.42 Å². The molecule has 4 rings (SSSR count). The molecule has 0 spiro atoms. The molecule has 0 unspecified atom stereocenters. The van der Waals surface area contributed by atoms with E-state index in [-0.39, 0.29) is 17.6 Å². The molecule has 1 aromatic heterocycles. The van der Waals surface area contributed by atoms with Gasteiger partial charge in [0.2, 0.25) is 0 Å². The van der Waals surface area contributed by atoms with Gasteiger partial charge in [0.1, 0.15) is 0 Å². The van der Waals surface area contributed by atoms with Crippen molar-refractivity contribution in [1.29, 1.82) is 0 Å². The lowest BCUT2D eigenvalue weighted by Gasteiger charge is -2.30. The monoisotopic (exact) mass is 397 g/mol. The highest BCUT2D eigenvalue weighted by Gasteiger charge is 2.21. The Morgan fingerprint density at radius 2 is 1.90 bits per heavy atom. The summed E-state index contributed by atoms with van der Waals surface area (Å²) in [5.41, 5.74) is 7.69. The third-order valence-electron chi connectivity index (χ3n) is 5.64. The van der Waals surface area contributed by atoms with Crippen LogP contribution in [0.15, 0.2) is 24.4 Å². The quantitative estimate of drug-likeness (QED) is 0.704. The lowest BCUT2D eigenvalue weighted by atomic mass is 10.1. The van der Waals surface area contributed by atoms with E-state index in [9.17, 15) is 9.59 Å². The lowest BCUT2D eigenvalue weighted by molar-refractivity contribution is 0.0998. The third kappa shape index (κ3) is 4.40. The second kappa shape index (κ2) is 8.60. The van der Waals surface area contributed by atoms with Gasteiger partial charge in [0.25, 0.3) is 11.8 Å². The van der Waals surface area contributed by atoms with Crippen LogP contribution < -0.4 is 21.3 Å². The van der Waals surface area contributed by atoms with Crippen molar-refractivity contribution in [3.05, 3.63) is 35.7 Å². The molecule has 2 saturated heterocycles. The largest absolute Gasteiger partial charge is 0.371 e. The number of primary amides is 1. The molecule has 2 aromatic rings. The predicted octanol–water partition coefficient (Wildman–Crippen LogP) is 1.54. The molecule has 4 N–H and O–H groups in total. The molecule has 2 aliphatic heterocycles. The molecule has 154 valence electrons. The molecule has 2 aliphatic rings. The summed E-state index contributed by atoms with van der Waals surface area (Å²) in [4.78, 5) is 26.7. The number of nitrogens with zero attached hydrogens (tertiary/aromatic N) is 4. The van der Waals surface area contributed by atoms with Gasteiger partial charge in [0.15, 0.2) is 5.69 Å². The van der Waals surface area contributed by atoms with Crippen LogP contribution in [-0.2, 0) is 0 Å². The highest BCUT2D eigenvalue weighted by molar-refractivity contribution is 6.04. The molecule has 0 aliphatic carbocycles. The Hall–Kier alpha value is -2.94. The first-order chi connectivity index (χ1) is 14.1. The summed E-state index contributed by atoms with van der Waals surface area (Å²) in [7, 11) is 0. The lowest BCUT2D eigenvalue weighted by Crippen LogP contribution is -2.31. The minimum Gasteiger partial charge on any atom is -0.371 e. The first-order valence-corrected chi connectivity index (χ1v) is 10.2. The first kappa shape index (κ1) is 19.4. The number of nitrogens with one attached hydrogen (secondary N) is 2. The average Bonchev–Trinajstić information content (AvgIpc) is 3.25. The molecule has 0 bridgehead atoms. The maximum Gasteiger partial charge on any atom is 0.277 e. The Labute approximate surface area is 169 Å². The number of carbonyl (C=O) groups excluding carboxylic acids is 2. The van der Waals surface area contributed by atoms with Crippen molar-refractivity contribution < 1.29 is 9.59 Å². The van der Waals surface area contributed by atoms with Gasteiger partial charge in [-0.05, 0) is 63.4 Å². The molecule has 0 saturated carbocycles. The summed E-state index contributed by atoms with van der Waals surface area (Å²) in [6, 6.07) is 5.46. The van der Waals surface area contributed by atoms with Crippen molar-refractivity contribution in [2.75, 3.05) is 36.4 Å². The van der Waals surface area contributed by atoms with Crippen LogP contribution in [0.2, 0.25) is 0 Å².